The molecule has 2 aromatic rings. The third kappa shape index (κ3) is 4.84. The van der Waals surface area contributed by atoms with E-state index < -0.39 is 6.10 Å². The molecule has 1 amide bonds. The van der Waals surface area contributed by atoms with Crippen LogP contribution in [0.3, 0.4) is 0 Å². The maximum Gasteiger partial charge on any atom is 0.339 e. The molecular formula is C23H33N3O4. The van der Waals surface area contributed by atoms with Crippen LogP contribution in [0.2, 0.25) is 0 Å². The van der Waals surface area contributed by atoms with Crippen LogP contribution < -0.4 is 10.4 Å². The van der Waals surface area contributed by atoms with Crippen molar-refractivity contribution in [3.8, 4) is 5.75 Å². The van der Waals surface area contributed by atoms with E-state index in [-0.39, 0.29) is 11.5 Å². The Morgan fingerprint density at radius 2 is 1.80 bits per heavy atom. The molecule has 1 unspecified atom stereocenters. The van der Waals surface area contributed by atoms with Gasteiger partial charge in [0.05, 0.1) is 5.39 Å². The van der Waals surface area contributed by atoms with Gasteiger partial charge in [-0.25, -0.2) is 4.79 Å². The third-order valence-electron chi connectivity index (χ3n) is 5.86. The van der Waals surface area contributed by atoms with Crippen molar-refractivity contribution in [3.63, 3.8) is 0 Å². The molecule has 0 N–H and O–H groups in total. The predicted octanol–water partition coefficient (Wildman–Crippen LogP) is 2.19. The fraction of sp³-hybridized carbons (Fsp3) is 0.565. The molecule has 1 saturated heterocycles. The number of ether oxygens (including phenoxy) is 1. The van der Waals surface area contributed by atoms with Crippen molar-refractivity contribution in [2.75, 3.05) is 53.4 Å². The summed E-state index contributed by atoms with van der Waals surface area (Å²) in [6.07, 6.45) is -0.616. The minimum absolute atomic E-state index is 0.0105. The van der Waals surface area contributed by atoms with Crippen LogP contribution in [-0.2, 0) is 4.79 Å². The monoisotopic (exact) mass is 415 g/mol. The summed E-state index contributed by atoms with van der Waals surface area (Å²) in [5, 5.41) is 0.755. The molecule has 1 aliphatic rings. The minimum Gasteiger partial charge on any atom is -0.480 e. The first kappa shape index (κ1) is 22.3. The fourth-order valence-electron chi connectivity index (χ4n) is 3.81. The van der Waals surface area contributed by atoms with Gasteiger partial charge in [0.1, 0.15) is 11.3 Å². The molecule has 1 aliphatic heterocycles. The molecule has 0 radical (unpaired) electrons. The number of benzene rings is 1. The van der Waals surface area contributed by atoms with Crippen molar-refractivity contribution in [2.45, 2.75) is 33.8 Å². The van der Waals surface area contributed by atoms with Crippen LogP contribution in [0.15, 0.2) is 21.3 Å². The van der Waals surface area contributed by atoms with E-state index in [1.165, 1.54) is 0 Å². The first-order valence-electron chi connectivity index (χ1n) is 10.5. The standard InChI is InChI=1S/C23H33N3O4/c1-15-13-19(21-16(2)17(3)23(28)30-20(21)14-15)29-18(4)22(27)26-11-9-25(10-12-26)8-7-24(5)6/h13-14,18H,7-12H2,1-6H3. The largest absolute Gasteiger partial charge is 0.480 e. The SMILES string of the molecule is Cc1cc(OC(C)C(=O)N2CCN(CCN(C)C)CC2)c2c(C)c(C)c(=O)oc2c1. The number of nitrogens with zero attached hydrogens (tertiary/aromatic N) is 3. The van der Waals surface area contributed by atoms with Crippen LogP contribution in [0.1, 0.15) is 23.6 Å². The zero-order valence-electron chi connectivity index (χ0n) is 18.9. The van der Waals surface area contributed by atoms with E-state index in [0.29, 0.717) is 30.0 Å². The number of piperazine rings is 1. The molecule has 2 heterocycles. The second-order valence-electron chi connectivity index (χ2n) is 8.51. The minimum atomic E-state index is -0.616. The average molecular weight is 416 g/mol. The highest BCUT2D eigenvalue weighted by Crippen LogP contribution is 2.31. The normalized spacial score (nSPS) is 16.3. The van der Waals surface area contributed by atoms with Gasteiger partial charge in [0.15, 0.2) is 6.10 Å². The lowest BCUT2D eigenvalue weighted by Gasteiger charge is -2.36. The molecular weight excluding hydrogens is 382 g/mol. The quantitative estimate of drug-likeness (QED) is 0.674. The van der Waals surface area contributed by atoms with Crippen molar-refractivity contribution in [3.05, 3.63) is 39.2 Å². The van der Waals surface area contributed by atoms with Crippen molar-refractivity contribution < 1.29 is 13.9 Å². The lowest BCUT2D eigenvalue weighted by molar-refractivity contribution is -0.139. The number of rotatable bonds is 6. The lowest BCUT2D eigenvalue weighted by atomic mass is 10.0. The summed E-state index contributed by atoms with van der Waals surface area (Å²) in [7, 11) is 4.14. The van der Waals surface area contributed by atoms with Gasteiger partial charge >= 0.3 is 5.63 Å². The summed E-state index contributed by atoms with van der Waals surface area (Å²) < 4.78 is 11.6. The molecule has 164 valence electrons. The number of hydrogen-bond acceptors (Lipinski definition) is 6. The Kier molecular flexibility index (Phi) is 6.83. The Labute approximate surface area is 178 Å². The van der Waals surface area contributed by atoms with E-state index in [9.17, 15) is 9.59 Å². The highest BCUT2D eigenvalue weighted by Gasteiger charge is 2.27. The molecule has 1 fully saturated rings. The van der Waals surface area contributed by atoms with Gasteiger partial charge < -0.3 is 19.0 Å². The summed E-state index contributed by atoms with van der Waals surface area (Å²) in [4.78, 5) is 31.5. The van der Waals surface area contributed by atoms with Crippen molar-refractivity contribution in [2.24, 2.45) is 0 Å². The highest BCUT2D eigenvalue weighted by molar-refractivity contribution is 5.89. The van der Waals surface area contributed by atoms with Gasteiger partial charge in [-0.05, 0) is 65.0 Å². The number of fused-ring (bicyclic) bond motifs is 1. The van der Waals surface area contributed by atoms with Crippen LogP contribution in [0.4, 0.5) is 0 Å². The maximum absolute atomic E-state index is 13.0. The third-order valence-corrected chi connectivity index (χ3v) is 5.86. The Bertz CT molecular complexity index is 975. The van der Waals surface area contributed by atoms with E-state index in [4.69, 9.17) is 9.15 Å². The van der Waals surface area contributed by atoms with Crippen molar-refractivity contribution >= 4 is 16.9 Å². The first-order chi connectivity index (χ1) is 14.2. The van der Waals surface area contributed by atoms with E-state index in [2.05, 4.69) is 23.9 Å². The number of carbonyl (C=O) groups is 1. The first-order valence-corrected chi connectivity index (χ1v) is 10.5. The summed E-state index contributed by atoms with van der Waals surface area (Å²) in [5.74, 6) is 0.573. The number of amides is 1. The summed E-state index contributed by atoms with van der Waals surface area (Å²) in [6.45, 7) is 12.5. The van der Waals surface area contributed by atoms with Gasteiger partial charge in [0.25, 0.3) is 5.91 Å². The predicted molar refractivity (Wildman–Crippen MR) is 118 cm³/mol. The van der Waals surface area contributed by atoms with Gasteiger partial charge in [-0.2, -0.15) is 0 Å². The van der Waals surface area contributed by atoms with Crippen LogP contribution in [0.5, 0.6) is 5.75 Å². The van der Waals surface area contributed by atoms with E-state index in [1.54, 1.807) is 13.8 Å². The van der Waals surface area contributed by atoms with E-state index in [1.807, 2.05) is 30.9 Å². The van der Waals surface area contributed by atoms with E-state index >= 15 is 0 Å². The zero-order valence-corrected chi connectivity index (χ0v) is 18.9. The smallest absolute Gasteiger partial charge is 0.339 e. The van der Waals surface area contributed by atoms with Crippen LogP contribution in [-0.4, -0.2) is 80.1 Å². The Balaban J connectivity index is 1.73. The van der Waals surface area contributed by atoms with E-state index in [0.717, 1.165) is 42.7 Å². The molecule has 30 heavy (non-hydrogen) atoms. The van der Waals surface area contributed by atoms with Crippen molar-refractivity contribution in [1.82, 2.24) is 14.7 Å². The Hall–Kier alpha value is -2.38. The fourth-order valence-corrected chi connectivity index (χ4v) is 3.81. The summed E-state index contributed by atoms with van der Waals surface area (Å²) in [6, 6.07) is 3.73. The van der Waals surface area contributed by atoms with Gasteiger partial charge in [-0.1, -0.05) is 0 Å². The van der Waals surface area contributed by atoms with Gasteiger partial charge in [-0.3, -0.25) is 9.69 Å². The molecule has 3 rings (SSSR count). The topological polar surface area (TPSA) is 66.2 Å². The Morgan fingerprint density at radius 3 is 2.43 bits per heavy atom. The molecule has 7 nitrogen and oxygen atoms in total. The summed E-state index contributed by atoms with van der Waals surface area (Å²) in [5.41, 5.74) is 2.45. The zero-order chi connectivity index (χ0) is 22.0. The second-order valence-corrected chi connectivity index (χ2v) is 8.51. The molecule has 1 aromatic heterocycles. The van der Waals surface area contributed by atoms with Gasteiger partial charge in [0, 0.05) is 44.8 Å². The summed E-state index contributed by atoms with van der Waals surface area (Å²) >= 11 is 0. The van der Waals surface area contributed by atoms with Crippen LogP contribution >= 0.6 is 0 Å². The molecule has 0 spiro atoms. The average Bonchev–Trinajstić information content (AvgIpc) is 2.69. The number of hydrogen-bond donors (Lipinski definition) is 0. The number of carbonyl (C=O) groups excluding carboxylic acids is 1. The molecule has 0 aliphatic carbocycles. The molecule has 0 saturated carbocycles. The number of likely N-dealkylation sites (N-methyl/N-ethyl adjacent to an activating group) is 1. The van der Waals surface area contributed by atoms with Crippen molar-refractivity contribution in [1.29, 1.82) is 0 Å². The lowest BCUT2D eigenvalue weighted by Crippen LogP contribution is -2.52. The molecule has 1 aromatic carbocycles. The molecule has 7 heteroatoms. The van der Waals surface area contributed by atoms with Crippen LogP contribution in [0.25, 0.3) is 11.0 Å². The molecule has 0 bridgehead atoms. The highest BCUT2D eigenvalue weighted by atomic mass is 16.5. The Morgan fingerprint density at radius 1 is 1.13 bits per heavy atom. The van der Waals surface area contributed by atoms with Crippen LogP contribution in [0, 0.1) is 20.8 Å². The van der Waals surface area contributed by atoms with Gasteiger partial charge in [-0.15, -0.1) is 0 Å². The van der Waals surface area contributed by atoms with Gasteiger partial charge in [0.2, 0.25) is 0 Å². The second kappa shape index (κ2) is 9.18. The number of aryl methyl sites for hydroxylation is 2. The molecule has 1 atom stereocenters. The maximum atomic E-state index is 13.0.